The summed E-state index contributed by atoms with van der Waals surface area (Å²) >= 11 is 0. The molecule has 0 fully saturated rings. The third-order valence-electron chi connectivity index (χ3n) is 0.666. The molecule has 0 unspecified atom stereocenters. The molecule has 0 aliphatic carbocycles. The Morgan fingerprint density at radius 1 is 1.56 bits per heavy atom. The lowest BCUT2D eigenvalue weighted by Crippen LogP contribution is -2.16. The van der Waals surface area contributed by atoms with Gasteiger partial charge in [0.25, 0.3) is 0 Å². The van der Waals surface area contributed by atoms with Gasteiger partial charge in [0.15, 0.2) is 6.73 Å². The highest BCUT2D eigenvalue weighted by Gasteiger charge is 1.95. The first kappa shape index (κ1) is 8.43. The second kappa shape index (κ2) is 4.32. The Labute approximate surface area is 55.6 Å². The predicted octanol–water partition coefficient (Wildman–Crippen LogP) is 0.619. The number of ether oxygens (including phenoxy) is 1. The molecule has 0 aliphatic rings. The molecule has 0 spiro atoms. The topological polar surface area (TPSA) is 29.5 Å². The predicted molar refractivity (Wildman–Crippen MR) is 34.3 cm³/mol. The molecule has 0 aromatic carbocycles. The molecule has 3 nitrogen and oxygen atoms in total. The lowest BCUT2D eigenvalue weighted by molar-refractivity contribution is -0.118. The van der Waals surface area contributed by atoms with Gasteiger partial charge >= 0.3 is 0 Å². The van der Waals surface area contributed by atoms with Gasteiger partial charge in [-0.2, -0.15) is 0 Å². The van der Waals surface area contributed by atoms with Crippen LogP contribution in [0.15, 0.2) is 0 Å². The summed E-state index contributed by atoms with van der Waals surface area (Å²) in [5.74, 6) is 0. The number of nitrogens with zero attached hydrogens (tertiary/aromatic N) is 1. The maximum absolute atomic E-state index is 9.93. The fraction of sp³-hybridized carbons (Fsp3) is 0.667. The summed E-state index contributed by atoms with van der Waals surface area (Å²) in [4.78, 5) is 11.3. The smallest absolute Gasteiger partial charge is 0.211 e. The van der Waals surface area contributed by atoms with E-state index in [0.29, 0.717) is 6.41 Å². The zero-order valence-corrected chi connectivity index (χ0v) is 6.00. The van der Waals surface area contributed by atoms with Gasteiger partial charge in [0.1, 0.15) is 0 Å². The van der Waals surface area contributed by atoms with Crippen LogP contribution >= 0.6 is 0 Å². The summed E-state index contributed by atoms with van der Waals surface area (Å²) in [7, 11) is 1.62. The Balaban J connectivity index is 3.16. The molecule has 1 amide bonds. The maximum atomic E-state index is 9.93. The van der Waals surface area contributed by atoms with E-state index < -0.39 is 0 Å². The van der Waals surface area contributed by atoms with Crippen molar-refractivity contribution in [1.29, 1.82) is 0 Å². The largest absolute Gasteiger partial charge is 0.351 e. The van der Waals surface area contributed by atoms with Crippen LogP contribution in [-0.4, -0.2) is 24.5 Å². The average molecular weight is 130 g/mol. The number of carbonyl (C=O) groups excluding carboxylic acids is 1. The second-order valence-electron chi connectivity index (χ2n) is 2.06. The SMILES string of the molecule is CC(C)O[CH]N(C)C=O. The Morgan fingerprint density at radius 2 is 2.11 bits per heavy atom. The molecule has 0 aromatic rings. The van der Waals surface area contributed by atoms with E-state index in [4.69, 9.17) is 4.74 Å². The first-order valence-electron chi connectivity index (χ1n) is 2.83. The van der Waals surface area contributed by atoms with E-state index in [-0.39, 0.29) is 6.10 Å². The molecule has 0 saturated heterocycles. The van der Waals surface area contributed by atoms with Gasteiger partial charge in [0.2, 0.25) is 6.41 Å². The van der Waals surface area contributed by atoms with Crippen LogP contribution in [0.3, 0.4) is 0 Å². The molecule has 0 atom stereocenters. The lowest BCUT2D eigenvalue weighted by atomic mass is 10.5. The third-order valence-corrected chi connectivity index (χ3v) is 0.666. The van der Waals surface area contributed by atoms with E-state index in [0.717, 1.165) is 0 Å². The first-order valence-corrected chi connectivity index (χ1v) is 2.83. The van der Waals surface area contributed by atoms with Crippen molar-refractivity contribution in [2.45, 2.75) is 20.0 Å². The quantitative estimate of drug-likeness (QED) is 0.522. The van der Waals surface area contributed by atoms with E-state index in [9.17, 15) is 4.79 Å². The molecule has 1 radical (unpaired) electrons. The van der Waals surface area contributed by atoms with Crippen molar-refractivity contribution in [3.8, 4) is 0 Å². The van der Waals surface area contributed by atoms with Crippen LogP contribution in [0.25, 0.3) is 0 Å². The lowest BCUT2D eigenvalue weighted by Gasteiger charge is -2.11. The summed E-state index contributed by atoms with van der Waals surface area (Å²) in [5, 5.41) is 0. The second-order valence-corrected chi connectivity index (χ2v) is 2.06. The molecule has 0 bridgehead atoms. The van der Waals surface area contributed by atoms with E-state index in [1.54, 1.807) is 7.05 Å². The summed E-state index contributed by atoms with van der Waals surface area (Å²) in [6.45, 7) is 5.18. The van der Waals surface area contributed by atoms with E-state index in [1.807, 2.05) is 13.8 Å². The van der Waals surface area contributed by atoms with E-state index >= 15 is 0 Å². The van der Waals surface area contributed by atoms with Crippen molar-refractivity contribution in [3.63, 3.8) is 0 Å². The highest BCUT2D eigenvalue weighted by atomic mass is 16.5. The third kappa shape index (κ3) is 5.30. The summed E-state index contributed by atoms with van der Waals surface area (Å²) in [6.07, 6.45) is 0.815. The maximum Gasteiger partial charge on any atom is 0.211 e. The van der Waals surface area contributed by atoms with Crippen LogP contribution in [0, 0.1) is 6.73 Å². The summed E-state index contributed by atoms with van der Waals surface area (Å²) < 4.78 is 4.96. The van der Waals surface area contributed by atoms with Crippen LogP contribution in [0.1, 0.15) is 13.8 Å². The number of carbonyl (C=O) groups is 1. The molecule has 0 rings (SSSR count). The van der Waals surface area contributed by atoms with Gasteiger partial charge in [-0.15, -0.1) is 0 Å². The molecule has 0 aromatic heterocycles. The first-order chi connectivity index (χ1) is 4.16. The molecule has 0 heterocycles. The molecular weight excluding hydrogens is 118 g/mol. The monoisotopic (exact) mass is 130 g/mol. The van der Waals surface area contributed by atoms with Crippen molar-refractivity contribution >= 4 is 6.41 Å². The Morgan fingerprint density at radius 3 is 2.44 bits per heavy atom. The fourth-order valence-corrected chi connectivity index (χ4v) is 0.243. The minimum Gasteiger partial charge on any atom is -0.351 e. The van der Waals surface area contributed by atoms with Gasteiger partial charge in [-0.1, -0.05) is 0 Å². The van der Waals surface area contributed by atoms with Crippen LogP contribution in [-0.2, 0) is 9.53 Å². The van der Waals surface area contributed by atoms with E-state index in [1.165, 1.54) is 11.6 Å². The van der Waals surface area contributed by atoms with Crippen LogP contribution in [0.5, 0.6) is 0 Å². The zero-order valence-electron chi connectivity index (χ0n) is 6.00. The van der Waals surface area contributed by atoms with Gasteiger partial charge in [-0.05, 0) is 13.8 Å². The molecular formula is C6H12NO2. The normalized spacial score (nSPS) is 9.78. The standard InChI is InChI=1S/C6H12NO2/c1-6(2)9-5-7(3)4-8/h4-6H,1-3H3. The molecule has 0 saturated carbocycles. The minimum absolute atomic E-state index is 0.132. The minimum atomic E-state index is 0.132. The molecule has 9 heavy (non-hydrogen) atoms. The highest BCUT2D eigenvalue weighted by molar-refractivity contribution is 5.46. The number of hydrogen-bond donors (Lipinski definition) is 0. The van der Waals surface area contributed by atoms with Gasteiger partial charge in [0, 0.05) is 7.05 Å². The summed E-state index contributed by atoms with van der Waals surface area (Å²) in [5.41, 5.74) is 0. The van der Waals surface area contributed by atoms with Crippen molar-refractivity contribution in [2.24, 2.45) is 0 Å². The van der Waals surface area contributed by atoms with Crippen molar-refractivity contribution in [2.75, 3.05) is 7.05 Å². The highest BCUT2D eigenvalue weighted by Crippen LogP contribution is 1.92. The van der Waals surface area contributed by atoms with Crippen LogP contribution in [0.2, 0.25) is 0 Å². The van der Waals surface area contributed by atoms with Gasteiger partial charge < -0.3 is 9.64 Å². The fourth-order valence-electron chi connectivity index (χ4n) is 0.243. The van der Waals surface area contributed by atoms with Crippen molar-refractivity contribution < 1.29 is 9.53 Å². The van der Waals surface area contributed by atoms with E-state index in [2.05, 4.69) is 0 Å². The number of amides is 1. The number of rotatable bonds is 4. The van der Waals surface area contributed by atoms with Crippen LogP contribution < -0.4 is 0 Å². The van der Waals surface area contributed by atoms with Gasteiger partial charge in [-0.3, -0.25) is 4.79 Å². The van der Waals surface area contributed by atoms with Gasteiger partial charge in [-0.25, -0.2) is 0 Å². The molecule has 0 aliphatic heterocycles. The van der Waals surface area contributed by atoms with Gasteiger partial charge in [0.05, 0.1) is 6.10 Å². The molecule has 53 valence electrons. The van der Waals surface area contributed by atoms with Crippen molar-refractivity contribution in [1.82, 2.24) is 4.90 Å². The number of hydrogen-bond acceptors (Lipinski definition) is 2. The Kier molecular flexibility index (Phi) is 4.05. The zero-order chi connectivity index (χ0) is 7.28. The molecule has 3 heteroatoms. The van der Waals surface area contributed by atoms with Crippen LogP contribution in [0.4, 0.5) is 0 Å². The average Bonchev–Trinajstić information content (AvgIpc) is 1.83. The Bertz CT molecular complexity index is 83.1. The van der Waals surface area contributed by atoms with Crippen molar-refractivity contribution in [3.05, 3.63) is 6.73 Å². The Hall–Kier alpha value is -0.570. The summed E-state index contributed by atoms with van der Waals surface area (Å²) in [6, 6.07) is 0. The molecule has 0 N–H and O–H groups in total.